The van der Waals surface area contributed by atoms with Gasteiger partial charge in [0.05, 0.1) is 0 Å². The first kappa shape index (κ1) is 14.8. The number of hydrogen-bond donors (Lipinski definition) is 2. The highest BCUT2D eigenvalue weighted by Gasteiger charge is 2.21. The third-order valence-corrected chi connectivity index (χ3v) is 3.65. The Morgan fingerprint density at radius 3 is 2.65 bits per heavy atom. The fourth-order valence-electron chi connectivity index (χ4n) is 2.75. The van der Waals surface area contributed by atoms with Gasteiger partial charge in [-0.2, -0.15) is 9.97 Å². The minimum absolute atomic E-state index is 0.342. The molecule has 0 radical (unpaired) electrons. The highest BCUT2D eigenvalue weighted by molar-refractivity contribution is 5.52. The lowest BCUT2D eigenvalue weighted by molar-refractivity contribution is 0.284. The van der Waals surface area contributed by atoms with Crippen molar-refractivity contribution >= 4 is 17.6 Å². The third-order valence-electron chi connectivity index (χ3n) is 3.65. The molecule has 6 heteroatoms. The molecule has 0 spiro atoms. The second kappa shape index (κ2) is 6.74. The lowest BCUT2D eigenvalue weighted by Gasteiger charge is -2.34. The minimum Gasteiger partial charge on any atom is -0.370 e. The molecule has 0 aliphatic carbocycles. The van der Waals surface area contributed by atoms with E-state index in [-0.39, 0.29) is 0 Å². The van der Waals surface area contributed by atoms with Gasteiger partial charge in [-0.3, -0.25) is 0 Å². The van der Waals surface area contributed by atoms with Crippen molar-refractivity contribution in [3.8, 4) is 0 Å². The van der Waals surface area contributed by atoms with Crippen molar-refractivity contribution in [2.24, 2.45) is 5.92 Å². The molecule has 0 bridgehead atoms. The molecule has 3 N–H and O–H groups in total. The average molecular weight is 278 g/mol. The molecule has 0 aromatic carbocycles. The Morgan fingerprint density at radius 1 is 1.35 bits per heavy atom. The predicted molar refractivity (Wildman–Crippen MR) is 84.1 cm³/mol. The Bertz CT molecular complexity index is 426. The van der Waals surface area contributed by atoms with Gasteiger partial charge in [-0.1, -0.05) is 0 Å². The number of nitrogens with zero attached hydrogens (tertiary/aromatic N) is 4. The SMILES string of the molecule is CCNc1cc(N2CCC(CN(C)C)CC2)nc(N)n1. The quantitative estimate of drug-likeness (QED) is 0.845. The Labute approximate surface area is 121 Å². The van der Waals surface area contributed by atoms with E-state index in [9.17, 15) is 0 Å². The summed E-state index contributed by atoms with van der Waals surface area (Å²) in [6, 6.07) is 1.99. The van der Waals surface area contributed by atoms with E-state index < -0.39 is 0 Å². The molecule has 0 amide bonds. The zero-order valence-electron chi connectivity index (χ0n) is 12.8. The van der Waals surface area contributed by atoms with Crippen molar-refractivity contribution < 1.29 is 0 Å². The van der Waals surface area contributed by atoms with E-state index in [0.29, 0.717) is 5.95 Å². The Hall–Kier alpha value is -1.56. The van der Waals surface area contributed by atoms with E-state index in [1.54, 1.807) is 0 Å². The normalized spacial score (nSPS) is 16.7. The maximum Gasteiger partial charge on any atom is 0.223 e. The summed E-state index contributed by atoms with van der Waals surface area (Å²) in [5, 5.41) is 3.20. The van der Waals surface area contributed by atoms with E-state index in [0.717, 1.165) is 37.2 Å². The molecule has 0 unspecified atom stereocenters. The van der Waals surface area contributed by atoms with Gasteiger partial charge in [-0.15, -0.1) is 0 Å². The zero-order chi connectivity index (χ0) is 14.5. The summed E-state index contributed by atoms with van der Waals surface area (Å²) in [5.41, 5.74) is 5.79. The molecule has 20 heavy (non-hydrogen) atoms. The van der Waals surface area contributed by atoms with Gasteiger partial charge >= 0.3 is 0 Å². The van der Waals surface area contributed by atoms with Crippen LogP contribution in [0.1, 0.15) is 19.8 Å². The molecule has 1 fully saturated rings. The first-order valence-corrected chi connectivity index (χ1v) is 7.36. The average Bonchev–Trinajstić information content (AvgIpc) is 2.38. The van der Waals surface area contributed by atoms with Crippen LogP contribution in [0.3, 0.4) is 0 Å². The highest BCUT2D eigenvalue weighted by atomic mass is 15.2. The summed E-state index contributed by atoms with van der Waals surface area (Å²) in [4.78, 5) is 13.1. The van der Waals surface area contributed by atoms with E-state index in [4.69, 9.17) is 5.73 Å². The van der Waals surface area contributed by atoms with Gasteiger partial charge in [0.25, 0.3) is 0 Å². The van der Waals surface area contributed by atoms with Gasteiger partial charge in [-0.25, -0.2) is 0 Å². The van der Waals surface area contributed by atoms with E-state index >= 15 is 0 Å². The molecule has 112 valence electrons. The molecule has 0 atom stereocenters. The van der Waals surface area contributed by atoms with Crippen LogP contribution in [0.2, 0.25) is 0 Å². The van der Waals surface area contributed by atoms with Crippen LogP contribution in [0.5, 0.6) is 0 Å². The predicted octanol–water partition coefficient (Wildman–Crippen LogP) is 1.27. The molecule has 0 saturated carbocycles. The van der Waals surface area contributed by atoms with Crippen molar-refractivity contribution in [3.63, 3.8) is 0 Å². The van der Waals surface area contributed by atoms with Crippen molar-refractivity contribution in [2.45, 2.75) is 19.8 Å². The Morgan fingerprint density at radius 2 is 2.05 bits per heavy atom. The Kier molecular flexibility index (Phi) is 5.00. The number of nitrogen functional groups attached to an aromatic ring is 1. The smallest absolute Gasteiger partial charge is 0.223 e. The standard InChI is InChI=1S/C14H26N6/c1-4-16-12-9-13(18-14(15)17-12)20-7-5-11(6-8-20)10-19(2)3/h9,11H,4-8,10H2,1-3H3,(H3,15,16,17,18). The minimum atomic E-state index is 0.342. The summed E-state index contributed by atoms with van der Waals surface area (Å²) in [6.07, 6.45) is 2.41. The zero-order valence-corrected chi connectivity index (χ0v) is 12.8. The molecule has 1 aliphatic rings. The van der Waals surface area contributed by atoms with Crippen molar-refractivity contribution in [2.75, 3.05) is 56.2 Å². The van der Waals surface area contributed by atoms with Gasteiger partial charge in [0, 0.05) is 32.2 Å². The number of hydrogen-bond acceptors (Lipinski definition) is 6. The first-order chi connectivity index (χ1) is 9.58. The molecule has 1 aromatic heterocycles. The van der Waals surface area contributed by atoms with Crippen LogP contribution in [0.15, 0.2) is 6.07 Å². The topological polar surface area (TPSA) is 70.3 Å². The molecular formula is C14H26N6. The largest absolute Gasteiger partial charge is 0.370 e. The maximum atomic E-state index is 5.79. The van der Waals surface area contributed by atoms with Crippen LogP contribution in [0.4, 0.5) is 17.6 Å². The summed E-state index contributed by atoms with van der Waals surface area (Å²) in [6.45, 7) is 6.13. The maximum absolute atomic E-state index is 5.79. The molecule has 1 saturated heterocycles. The number of anilines is 3. The fraction of sp³-hybridized carbons (Fsp3) is 0.714. The number of piperidine rings is 1. The molecule has 2 rings (SSSR count). The highest BCUT2D eigenvalue weighted by Crippen LogP contribution is 2.24. The molecule has 1 aliphatic heterocycles. The van der Waals surface area contributed by atoms with Gasteiger partial charge in [0.1, 0.15) is 11.6 Å². The first-order valence-electron chi connectivity index (χ1n) is 7.36. The lowest BCUT2D eigenvalue weighted by Crippen LogP contribution is -2.37. The number of aromatic nitrogens is 2. The van der Waals surface area contributed by atoms with Gasteiger partial charge in [0.2, 0.25) is 5.95 Å². The number of nitrogens with one attached hydrogen (secondary N) is 1. The number of nitrogens with two attached hydrogens (primary N) is 1. The summed E-state index contributed by atoms with van der Waals surface area (Å²) < 4.78 is 0. The van der Waals surface area contributed by atoms with Crippen LogP contribution in [-0.4, -0.2) is 55.1 Å². The molecule has 2 heterocycles. The second-order valence-electron chi connectivity index (χ2n) is 5.69. The fourth-order valence-corrected chi connectivity index (χ4v) is 2.75. The van der Waals surface area contributed by atoms with Crippen LogP contribution >= 0.6 is 0 Å². The van der Waals surface area contributed by atoms with Crippen molar-refractivity contribution in [3.05, 3.63) is 6.07 Å². The van der Waals surface area contributed by atoms with Crippen LogP contribution in [0, 0.1) is 5.92 Å². The van der Waals surface area contributed by atoms with Crippen molar-refractivity contribution in [1.29, 1.82) is 0 Å². The van der Waals surface area contributed by atoms with E-state index in [1.807, 2.05) is 13.0 Å². The van der Waals surface area contributed by atoms with Crippen molar-refractivity contribution in [1.82, 2.24) is 14.9 Å². The monoisotopic (exact) mass is 278 g/mol. The summed E-state index contributed by atoms with van der Waals surface area (Å²) in [7, 11) is 4.28. The van der Waals surface area contributed by atoms with Crippen LogP contribution in [-0.2, 0) is 0 Å². The molecular weight excluding hydrogens is 252 g/mol. The third kappa shape index (κ3) is 3.96. The van der Waals surface area contributed by atoms with Crippen LogP contribution in [0.25, 0.3) is 0 Å². The van der Waals surface area contributed by atoms with E-state index in [1.165, 1.54) is 19.4 Å². The lowest BCUT2D eigenvalue weighted by atomic mass is 9.96. The van der Waals surface area contributed by atoms with Gasteiger partial charge in [-0.05, 0) is 39.8 Å². The summed E-state index contributed by atoms with van der Waals surface area (Å²) >= 11 is 0. The van der Waals surface area contributed by atoms with E-state index in [2.05, 4.69) is 39.2 Å². The number of rotatable bonds is 5. The second-order valence-corrected chi connectivity index (χ2v) is 5.69. The van der Waals surface area contributed by atoms with Crippen LogP contribution < -0.4 is 16.0 Å². The molecule has 6 nitrogen and oxygen atoms in total. The molecule has 1 aromatic rings. The van der Waals surface area contributed by atoms with Gasteiger partial charge < -0.3 is 20.9 Å². The van der Waals surface area contributed by atoms with Gasteiger partial charge in [0.15, 0.2) is 0 Å². The Balaban J connectivity index is 1.99. The summed E-state index contributed by atoms with van der Waals surface area (Å²) in [5.74, 6) is 2.88.